The maximum Gasteiger partial charge on any atom is 0.490 e. The molecule has 1 aromatic heterocycles. The lowest BCUT2D eigenvalue weighted by atomic mass is 10.2. The number of carbonyl (C=O) groups excluding carboxylic acids is 1. The van der Waals surface area contributed by atoms with Crippen LogP contribution in [0.3, 0.4) is 0 Å². The Hall–Kier alpha value is -4.12. The van der Waals surface area contributed by atoms with E-state index in [2.05, 4.69) is 15.5 Å². The van der Waals surface area contributed by atoms with Crippen molar-refractivity contribution in [2.45, 2.75) is 31.5 Å². The summed E-state index contributed by atoms with van der Waals surface area (Å²) in [5, 5.41) is 16.6. The van der Waals surface area contributed by atoms with Crippen molar-refractivity contribution in [3.8, 4) is 0 Å². The molecule has 0 aliphatic heterocycles. The monoisotopic (exact) mass is 550 g/mol. The molecule has 2 rings (SSSR count). The molecule has 0 fully saturated rings. The highest BCUT2D eigenvalue weighted by atomic mass is 32.2. The summed E-state index contributed by atoms with van der Waals surface area (Å²) >= 11 is 0. The molecular weight excluding hydrogens is 525 g/mol. The van der Waals surface area contributed by atoms with Gasteiger partial charge in [-0.15, -0.1) is 0 Å². The first-order valence-electron chi connectivity index (χ1n) is 10.1. The van der Waals surface area contributed by atoms with Gasteiger partial charge in [0.15, 0.2) is 0 Å². The lowest BCUT2D eigenvalue weighted by Gasteiger charge is -2.14. The van der Waals surface area contributed by atoms with Crippen molar-refractivity contribution in [3.05, 3.63) is 58.0 Å². The minimum absolute atomic E-state index is 0.0246. The zero-order chi connectivity index (χ0) is 28.4. The number of aliphatic carboxylic acids is 1. The van der Waals surface area contributed by atoms with Gasteiger partial charge in [-0.25, -0.2) is 18.7 Å². The molecule has 0 saturated heterocycles. The number of aryl methyl sites for hydroxylation is 2. The second kappa shape index (κ2) is 13.3. The Labute approximate surface area is 208 Å². The summed E-state index contributed by atoms with van der Waals surface area (Å²) in [5.41, 5.74) is 7.75. The molecule has 0 radical (unpaired) electrons. The Kier molecular flexibility index (Phi) is 11.1. The number of carboxylic acids is 1. The number of hydrogen-bond donors (Lipinski definition) is 6. The summed E-state index contributed by atoms with van der Waals surface area (Å²) < 4.78 is 60.3. The minimum Gasteiger partial charge on any atom is -0.475 e. The van der Waals surface area contributed by atoms with Gasteiger partial charge in [-0.3, -0.25) is 24.6 Å². The second-order valence-corrected chi connectivity index (χ2v) is 8.90. The van der Waals surface area contributed by atoms with E-state index in [0.29, 0.717) is 5.69 Å². The molecule has 13 nitrogen and oxygen atoms in total. The largest absolute Gasteiger partial charge is 0.490 e. The molecule has 1 aromatic carbocycles. The second-order valence-electron chi connectivity index (χ2n) is 7.22. The van der Waals surface area contributed by atoms with Gasteiger partial charge in [-0.2, -0.15) is 13.2 Å². The summed E-state index contributed by atoms with van der Waals surface area (Å²) in [5.74, 6) is -3.59. The first-order chi connectivity index (χ1) is 17.0. The highest BCUT2D eigenvalue weighted by Crippen LogP contribution is 2.15. The highest BCUT2D eigenvalue weighted by molar-refractivity contribution is 7.92. The number of hydroxylamine groups is 1. The predicted molar refractivity (Wildman–Crippen MR) is 125 cm³/mol. The number of alkyl halides is 3. The van der Waals surface area contributed by atoms with Crippen LogP contribution in [0.15, 0.2) is 46.1 Å². The summed E-state index contributed by atoms with van der Waals surface area (Å²) in [4.78, 5) is 38.6. The van der Waals surface area contributed by atoms with Crippen LogP contribution in [0.2, 0.25) is 0 Å². The van der Waals surface area contributed by atoms with Gasteiger partial charge in [0.1, 0.15) is 12.2 Å². The number of sulfonamides is 1. The topological polar surface area (TPSA) is 206 Å². The molecule has 0 spiro atoms. The Bertz CT molecular complexity index is 1280. The molecular formula is C20H25F3N6O7S. The van der Waals surface area contributed by atoms with Gasteiger partial charge in [-0.05, 0) is 38.1 Å². The minimum atomic E-state index is -5.08. The molecule has 204 valence electrons. The number of carboxylic acid groups (broad SMARTS) is 1. The van der Waals surface area contributed by atoms with Crippen LogP contribution in [-0.2, 0) is 31.0 Å². The van der Waals surface area contributed by atoms with E-state index < -0.39 is 33.6 Å². The van der Waals surface area contributed by atoms with E-state index in [4.69, 9.17) is 25.9 Å². The zero-order valence-electron chi connectivity index (χ0n) is 19.5. The molecule has 1 amide bonds. The number of guanidine groups is 1. The van der Waals surface area contributed by atoms with Crippen molar-refractivity contribution in [2.75, 3.05) is 17.9 Å². The molecule has 17 heteroatoms. The Morgan fingerprint density at radius 3 is 2.22 bits per heavy atom. The van der Waals surface area contributed by atoms with Crippen molar-refractivity contribution in [1.29, 1.82) is 5.41 Å². The van der Waals surface area contributed by atoms with Gasteiger partial charge in [0.25, 0.3) is 15.6 Å². The van der Waals surface area contributed by atoms with Gasteiger partial charge >= 0.3 is 12.1 Å². The van der Waals surface area contributed by atoms with E-state index in [1.807, 2.05) is 6.92 Å². The SMILES string of the molecule is Cc1ccc(S(=O)(=O)Nc2ccc(C)n(CC(=O)NCCONC(=N)N)c2=O)cc1.O=C(O)C(F)(F)F. The number of rotatable bonds is 9. The fraction of sp³-hybridized carbons (Fsp3) is 0.300. The highest BCUT2D eigenvalue weighted by Gasteiger charge is 2.38. The van der Waals surface area contributed by atoms with E-state index in [0.717, 1.165) is 10.1 Å². The molecule has 0 unspecified atom stereocenters. The number of amides is 1. The maximum atomic E-state index is 12.7. The summed E-state index contributed by atoms with van der Waals surface area (Å²) in [6, 6.07) is 9.10. The van der Waals surface area contributed by atoms with Gasteiger partial charge in [0, 0.05) is 12.2 Å². The number of nitrogens with one attached hydrogen (secondary N) is 4. The van der Waals surface area contributed by atoms with Crippen LogP contribution in [0, 0.1) is 19.3 Å². The average Bonchev–Trinajstić information content (AvgIpc) is 2.78. The predicted octanol–water partition coefficient (Wildman–Crippen LogP) is 0.430. The van der Waals surface area contributed by atoms with Crippen molar-refractivity contribution in [1.82, 2.24) is 15.4 Å². The van der Waals surface area contributed by atoms with Gasteiger partial charge in [0.05, 0.1) is 11.5 Å². The first-order valence-corrected chi connectivity index (χ1v) is 11.6. The lowest BCUT2D eigenvalue weighted by Crippen LogP contribution is -2.37. The zero-order valence-corrected chi connectivity index (χ0v) is 20.4. The third kappa shape index (κ3) is 10.6. The quantitative estimate of drug-likeness (QED) is 0.111. The van der Waals surface area contributed by atoms with E-state index >= 15 is 0 Å². The Morgan fingerprint density at radius 1 is 1.14 bits per heavy atom. The van der Waals surface area contributed by atoms with Crippen LogP contribution in [0.1, 0.15) is 11.3 Å². The van der Waals surface area contributed by atoms with Crippen LogP contribution in [0.5, 0.6) is 0 Å². The number of hydrogen-bond acceptors (Lipinski definition) is 7. The van der Waals surface area contributed by atoms with Crippen LogP contribution >= 0.6 is 0 Å². The fourth-order valence-corrected chi connectivity index (χ4v) is 3.49. The molecule has 0 atom stereocenters. The molecule has 7 N–H and O–H groups in total. The fourth-order valence-electron chi connectivity index (χ4n) is 2.44. The number of anilines is 1. The van der Waals surface area contributed by atoms with E-state index in [1.54, 1.807) is 25.1 Å². The molecule has 2 aromatic rings. The van der Waals surface area contributed by atoms with Crippen molar-refractivity contribution < 1.29 is 41.1 Å². The number of nitrogens with two attached hydrogens (primary N) is 1. The summed E-state index contributed by atoms with van der Waals surface area (Å²) in [6.07, 6.45) is -5.08. The standard InChI is InChI=1S/C18H24N6O5S.C2HF3O2/c1-12-3-6-14(7-4-12)30(27,28)23-15-8-5-13(2)24(17(15)26)11-16(25)21-9-10-29-22-18(19)20;3-2(4,5)1(6)7/h3-8,23H,9-11H2,1-2H3,(H,21,25)(H4,19,20,22);(H,6,7). The van der Waals surface area contributed by atoms with Crippen molar-refractivity contribution in [2.24, 2.45) is 5.73 Å². The number of aromatic nitrogens is 1. The Balaban J connectivity index is 0.000000856. The van der Waals surface area contributed by atoms with E-state index in [1.165, 1.54) is 18.2 Å². The van der Waals surface area contributed by atoms with Crippen molar-refractivity contribution in [3.63, 3.8) is 0 Å². The first kappa shape index (κ1) is 30.9. The van der Waals surface area contributed by atoms with Gasteiger partial charge in [0.2, 0.25) is 11.9 Å². The van der Waals surface area contributed by atoms with Crippen LogP contribution in [0.4, 0.5) is 18.9 Å². The number of carbonyl (C=O) groups is 2. The molecule has 1 heterocycles. The lowest BCUT2D eigenvalue weighted by molar-refractivity contribution is -0.192. The molecule has 0 aliphatic rings. The molecule has 0 aliphatic carbocycles. The van der Waals surface area contributed by atoms with Crippen LogP contribution < -0.4 is 26.8 Å². The average molecular weight is 551 g/mol. The number of pyridine rings is 1. The van der Waals surface area contributed by atoms with Gasteiger partial charge in [-0.1, -0.05) is 17.7 Å². The number of halogens is 3. The Morgan fingerprint density at radius 2 is 1.70 bits per heavy atom. The molecule has 37 heavy (non-hydrogen) atoms. The number of benzene rings is 1. The summed E-state index contributed by atoms with van der Waals surface area (Å²) in [6.45, 7) is 3.33. The number of nitrogens with zero attached hydrogens (tertiary/aromatic N) is 1. The smallest absolute Gasteiger partial charge is 0.475 e. The van der Waals surface area contributed by atoms with Gasteiger partial charge < -0.3 is 20.7 Å². The van der Waals surface area contributed by atoms with E-state index in [-0.39, 0.29) is 36.2 Å². The van der Waals surface area contributed by atoms with E-state index in [9.17, 15) is 31.2 Å². The molecule has 0 bridgehead atoms. The summed E-state index contributed by atoms with van der Waals surface area (Å²) in [7, 11) is -3.95. The normalized spacial score (nSPS) is 11.1. The molecule has 0 saturated carbocycles. The maximum absolute atomic E-state index is 12.7. The third-order valence-electron chi connectivity index (χ3n) is 4.22. The third-order valence-corrected chi connectivity index (χ3v) is 5.60. The van der Waals surface area contributed by atoms with Crippen LogP contribution in [-0.4, -0.2) is 55.3 Å². The van der Waals surface area contributed by atoms with Crippen LogP contribution in [0.25, 0.3) is 0 Å². The van der Waals surface area contributed by atoms with Crippen molar-refractivity contribution >= 4 is 33.5 Å².